The molecule has 0 spiro atoms. The van der Waals surface area contributed by atoms with Gasteiger partial charge in [-0.05, 0) is 49.8 Å². The monoisotopic (exact) mass is 261 g/mol. The van der Waals surface area contributed by atoms with Crippen LogP contribution in [0.1, 0.15) is 45.6 Å². The van der Waals surface area contributed by atoms with E-state index in [0.717, 1.165) is 31.1 Å². The summed E-state index contributed by atoms with van der Waals surface area (Å²) in [6.07, 6.45) is 3.88. The van der Waals surface area contributed by atoms with Gasteiger partial charge < -0.3 is 5.11 Å². The largest absolute Gasteiger partial charge is 0.508 e. The molecule has 1 aromatic rings. The molecular weight excluding hydrogens is 234 g/mol. The maximum Gasteiger partial charge on any atom is 0.120 e. The smallest absolute Gasteiger partial charge is 0.120 e. The topological polar surface area (TPSA) is 23.5 Å². The molecule has 19 heavy (non-hydrogen) atoms. The second-order valence-electron chi connectivity index (χ2n) is 6.90. The van der Waals surface area contributed by atoms with Crippen molar-refractivity contribution in [3.8, 4) is 5.75 Å². The quantitative estimate of drug-likeness (QED) is 0.868. The summed E-state index contributed by atoms with van der Waals surface area (Å²) in [6, 6.07) is 7.70. The summed E-state index contributed by atoms with van der Waals surface area (Å²) in [5.74, 6) is 1.25. The summed E-state index contributed by atoms with van der Waals surface area (Å²) >= 11 is 0. The first-order chi connectivity index (χ1) is 8.97. The van der Waals surface area contributed by atoms with Crippen molar-refractivity contribution in [3.05, 3.63) is 29.8 Å². The van der Waals surface area contributed by atoms with E-state index >= 15 is 0 Å². The molecule has 1 atom stereocenters. The lowest BCUT2D eigenvalue weighted by Crippen LogP contribution is -2.26. The Morgan fingerprint density at radius 2 is 1.89 bits per heavy atom. The Morgan fingerprint density at radius 3 is 2.58 bits per heavy atom. The average molecular weight is 261 g/mol. The number of nitrogens with zero attached hydrogens (tertiary/aromatic N) is 1. The summed E-state index contributed by atoms with van der Waals surface area (Å²) in [7, 11) is 0. The molecule has 2 nitrogen and oxygen atoms in total. The van der Waals surface area contributed by atoms with Gasteiger partial charge in [0.1, 0.15) is 5.75 Å². The number of aromatic hydroxyl groups is 1. The number of rotatable bonds is 2. The van der Waals surface area contributed by atoms with Gasteiger partial charge in [-0.25, -0.2) is 0 Å². The van der Waals surface area contributed by atoms with Crippen molar-refractivity contribution in [2.45, 2.75) is 46.6 Å². The van der Waals surface area contributed by atoms with Gasteiger partial charge in [-0.15, -0.1) is 0 Å². The number of likely N-dealkylation sites (tertiary alicyclic amines) is 1. The minimum absolute atomic E-state index is 0.422. The number of benzene rings is 1. The summed E-state index contributed by atoms with van der Waals surface area (Å²) in [5.41, 5.74) is 1.47. The second kappa shape index (κ2) is 5.96. The van der Waals surface area contributed by atoms with Gasteiger partial charge in [0.25, 0.3) is 0 Å². The Morgan fingerprint density at radius 1 is 1.16 bits per heavy atom. The van der Waals surface area contributed by atoms with Crippen molar-refractivity contribution in [2.75, 3.05) is 13.1 Å². The zero-order chi connectivity index (χ0) is 13.9. The molecule has 1 aromatic carbocycles. The van der Waals surface area contributed by atoms with Gasteiger partial charge in [0.15, 0.2) is 0 Å². The average Bonchev–Trinajstić information content (AvgIpc) is 2.57. The van der Waals surface area contributed by atoms with Gasteiger partial charge in [-0.3, -0.25) is 4.90 Å². The lowest BCUT2D eigenvalue weighted by atomic mass is 9.77. The standard InChI is InChI=1S/C17H27NO/c1-17(2,3)15-8-6-11-18(12-10-15)13-14-7-4-5-9-16(14)19/h4-5,7,9,15,19H,6,8,10-13H2,1-3H3. The van der Waals surface area contributed by atoms with Crippen LogP contribution in [0.25, 0.3) is 0 Å². The highest BCUT2D eigenvalue weighted by molar-refractivity contribution is 5.31. The zero-order valence-corrected chi connectivity index (χ0v) is 12.5. The Labute approximate surface area is 117 Å². The molecule has 0 amide bonds. The third-order valence-electron chi connectivity index (χ3n) is 4.43. The number of hydrogen-bond donors (Lipinski definition) is 1. The Hall–Kier alpha value is -1.02. The van der Waals surface area contributed by atoms with E-state index in [9.17, 15) is 5.11 Å². The van der Waals surface area contributed by atoms with E-state index in [1.54, 1.807) is 6.07 Å². The lowest BCUT2D eigenvalue weighted by Gasteiger charge is -2.29. The molecule has 2 rings (SSSR count). The fraction of sp³-hybridized carbons (Fsp3) is 0.647. The van der Waals surface area contributed by atoms with E-state index in [-0.39, 0.29) is 0 Å². The highest BCUT2D eigenvalue weighted by atomic mass is 16.3. The maximum atomic E-state index is 9.87. The van der Waals surface area contributed by atoms with E-state index in [4.69, 9.17) is 0 Å². The SMILES string of the molecule is CC(C)(C)C1CCCN(Cc2ccccc2O)CC1. The summed E-state index contributed by atoms with van der Waals surface area (Å²) in [5, 5.41) is 9.87. The van der Waals surface area contributed by atoms with Crippen LogP contribution in [0.4, 0.5) is 0 Å². The molecule has 1 aliphatic rings. The predicted octanol–water partition coefficient (Wildman–Crippen LogP) is 4.04. The third kappa shape index (κ3) is 3.97. The first-order valence-electron chi connectivity index (χ1n) is 7.46. The fourth-order valence-corrected chi connectivity index (χ4v) is 3.07. The molecule has 1 saturated heterocycles. The van der Waals surface area contributed by atoms with Gasteiger partial charge in [0.2, 0.25) is 0 Å². The Balaban J connectivity index is 1.95. The number of para-hydroxylation sites is 1. The summed E-state index contributed by atoms with van der Waals surface area (Å²) in [6.45, 7) is 10.3. The third-order valence-corrected chi connectivity index (χ3v) is 4.43. The van der Waals surface area contributed by atoms with Crippen molar-refractivity contribution in [1.29, 1.82) is 0 Å². The van der Waals surface area contributed by atoms with Crippen LogP contribution in [-0.2, 0) is 6.54 Å². The van der Waals surface area contributed by atoms with E-state index in [1.165, 1.54) is 19.3 Å². The van der Waals surface area contributed by atoms with Gasteiger partial charge in [-0.2, -0.15) is 0 Å². The van der Waals surface area contributed by atoms with Crippen LogP contribution >= 0.6 is 0 Å². The van der Waals surface area contributed by atoms with E-state index in [1.807, 2.05) is 18.2 Å². The highest BCUT2D eigenvalue weighted by Gasteiger charge is 2.27. The first-order valence-corrected chi connectivity index (χ1v) is 7.46. The predicted molar refractivity (Wildman–Crippen MR) is 80.2 cm³/mol. The molecule has 1 heterocycles. The van der Waals surface area contributed by atoms with Crippen LogP contribution in [0.15, 0.2) is 24.3 Å². The second-order valence-corrected chi connectivity index (χ2v) is 6.90. The molecule has 1 aliphatic heterocycles. The van der Waals surface area contributed by atoms with Crippen LogP contribution in [0, 0.1) is 11.3 Å². The van der Waals surface area contributed by atoms with Gasteiger partial charge in [-0.1, -0.05) is 39.0 Å². The molecule has 1 N–H and O–H groups in total. The fourth-order valence-electron chi connectivity index (χ4n) is 3.07. The molecule has 2 heteroatoms. The van der Waals surface area contributed by atoms with Crippen molar-refractivity contribution < 1.29 is 5.11 Å². The number of phenolic OH excluding ortho intramolecular Hbond substituents is 1. The Bertz CT molecular complexity index is 408. The first kappa shape index (κ1) is 14.4. The van der Waals surface area contributed by atoms with E-state index < -0.39 is 0 Å². The van der Waals surface area contributed by atoms with E-state index in [2.05, 4.69) is 25.7 Å². The lowest BCUT2D eigenvalue weighted by molar-refractivity contribution is 0.206. The highest BCUT2D eigenvalue weighted by Crippen LogP contribution is 2.34. The van der Waals surface area contributed by atoms with Crippen molar-refractivity contribution in [1.82, 2.24) is 4.90 Å². The van der Waals surface area contributed by atoms with Crippen molar-refractivity contribution in [2.24, 2.45) is 11.3 Å². The van der Waals surface area contributed by atoms with Crippen LogP contribution in [-0.4, -0.2) is 23.1 Å². The summed E-state index contributed by atoms with van der Waals surface area (Å²) in [4.78, 5) is 2.49. The van der Waals surface area contributed by atoms with Gasteiger partial charge in [0, 0.05) is 12.1 Å². The van der Waals surface area contributed by atoms with Gasteiger partial charge in [0.05, 0.1) is 0 Å². The molecule has 1 fully saturated rings. The minimum Gasteiger partial charge on any atom is -0.508 e. The summed E-state index contributed by atoms with van der Waals surface area (Å²) < 4.78 is 0. The molecular formula is C17H27NO. The normalized spacial score (nSPS) is 22.2. The van der Waals surface area contributed by atoms with Crippen molar-refractivity contribution in [3.63, 3.8) is 0 Å². The molecule has 0 aliphatic carbocycles. The number of phenols is 1. The molecule has 1 unspecified atom stereocenters. The maximum absolute atomic E-state index is 9.87. The Kier molecular flexibility index (Phi) is 4.51. The van der Waals surface area contributed by atoms with E-state index in [0.29, 0.717) is 11.2 Å². The minimum atomic E-state index is 0.422. The molecule has 0 aromatic heterocycles. The van der Waals surface area contributed by atoms with Crippen LogP contribution in [0.5, 0.6) is 5.75 Å². The molecule has 0 saturated carbocycles. The molecule has 0 bridgehead atoms. The molecule has 0 radical (unpaired) electrons. The van der Waals surface area contributed by atoms with Crippen LogP contribution < -0.4 is 0 Å². The zero-order valence-electron chi connectivity index (χ0n) is 12.5. The van der Waals surface area contributed by atoms with Crippen molar-refractivity contribution >= 4 is 0 Å². The van der Waals surface area contributed by atoms with Gasteiger partial charge >= 0.3 is 0 Å². The molecule has 106 valence electrons. The van der Waals surface area contributed by atoms with Crippen LogP contribution in [0.3, 0.4) is 0 Å². The van der Waals surface area contributed by atoms with Crippen LogP contribution in [0.2, 0.25) is 0 Å². The number of hydrogen-bond acceptors (Lipinski definition) is 2.